The Labute approximate surface area is 130 Å². The third kappa shape index (κ3) is 2.84. The van der Waals surface area contributed by atoms with Gasteiger partial charge in [-0.1, -0.05) is 0 Å². The summed E-state index contributed by atoms with van der Waals surface area (Å²) in [4.78, 5) is 12.3. The van der Waals surface area contributed by atoms with Crippen LogP contribution in [0.5, 0.6) is 0 Å². The van der Waals surface area contributed by atoms with Crippen molar-refractivity contribution in [2.45, 2.75) is 54.6 Å². The molecule has 0 atom stereocenters. The van der Waals surface area contributed by atoms with Crippen molar-refractivity contribution >= 4 is 17.4 Å². The van der Waals surface area contributed by atoms with E-state index >= 15 is 0 Å². The minimum atomic E-state index is -0.274. The lowest BCUT2D eigenvalue weighted by Crippen LogP contribution is -2.21. The Hall–Kier alpha value is -2.31. The number of amides is 2. The van der Waals surface area contributed by atoms with Crippen molar-refractivity contribution in [1.29, 1.82) is 0 Å². The van der Waals surface area contributed by atoms with Gasteiger partial charge in [-0.15, -0.1) is 0 Å². The van der Waals surface area contributed by atoms with Gasteiger partial charge in [-0.25, -0.2) is 4.79 Å². The van der Waals surface area contributed by atoms with Crippen molar-refractivity contribution in [2.75, 3.05) is 10.6 Å². The molecule has 0 radical (unpaired) electrons. The molecule has 0 saturated carbocycles. The fourth-order valence-electron chi connectivity index (χ4n) is 2.63. The van der Waals surface area contributed by atoms with E-state index in [0.29, 0.717) is 0 Å². The van der Waals surface area contributed by atoms with Gasteiger partial charge in [0, 0.05) is 13.1 Å². The van der Waals surface area contributed by atoms with Crippen LogP contribution in [0.15, 0.2) is 0 Å². The Morgan fingerprint density at radius 2 is 1.23 bits per heavy atom. The van der Waals surface area contributed by atoms with Crippen molar-refractivity contribution in [3.63, 3.8) is 0 Å². The van der Waals surface area contributed by atoms with Gasteiger partial charge in [-0.2, -0.15) is 10.2 Å². The molecule has 2 heterocycles. The van der Waals surface area contributed by atoms with E-state index in [1.54, 1.807) is 0 Å². The molecule has 7 heteroatoms. The van der Waals surface area contributed by atoms with E-state index in [4.69, 9.17) is 0 Å². The molecule has 22 heavy (non-hydrogen) atoms. The third-order valence-corrected chi connectivity index (χ3v) is 3.84. The third-order valence-electron chi connectivity index (χ3n) is 3.84. The molecule has 2 N–H and O–H groups in total. The maximum atomic E-state index is 12.3. The van der Waals surface area contributed by atoms with Gasteiger partial charge in [-0.3, -0.25) is 9.36 Å². The molecule has 120 valence electrons. The van der Waals surface area contributed by atoms with Gasteiger partial charge in [0.15, 0.2) is 0 Å². The molecule has 0 bridgehead atoms. The smallest absolute Gasteiger partial charge is 0.304 e. The summed E-state index contributed by atoms with van der Waals surface area (Å²) in [5.74, 6) is 0. The Bertz CT molecular complexity index is 639. The summed E-state index contributed by atoms with van der Waals surface area (Å²) in [7, 11) is 0. The molecule has 2 rings (SSSR count). The molecule has 0 unspecified atom stereocenters. The maximum absolute atomic E-state index is 12.3. The number of hydrogen-bond donors (Lipinski definition) is 2. The van der Waals surface area contributed by atoms with Crippen LogP contribution in [-0.4, -0.2) is 25.6 Å². The number of carbonyl (C=O) groups excluding carboxylic acids is 1. The largest absolute Gasteiger partial charge is 0.323 e. The van der Waals surface area contributed by atoms with E-state index in [2.05, 4.69) is 20.8 Å². The second-order valence-corrected chi connectivity index (χ2v) is 5.30. The number of nitrogens with zero attached hydrogens (tertiary/aromatic N) is 4. The van der Waals surface area contributed by atoms with Crippen molar-refractivity contribution in [3.05, 3.63) is 22.8 Å². The first-order chi connectivity index (χ1) is 10.4. The topological polar surface area (TPSA) is 76.8 Å². The molecule has 0 saturated heterocycles. The number of nitrogens with one attached hydrogen (secondary N) is 2. The first kappa shape index (κ1) is 16.1. The normalized spacial score (nSPS) is 10.8. The molecule has 2 aromatic rings. The van der Waals surface area contributed by atoms with Crippen molar-refractivity contribution in [1.82, 2.24) is 19.6 Å². The number of urea groups is 1. The van der Waals surface area contributed by atoms with Gasteiger partial charge in [0.2, 0.25) is 0 Å². The van der Waals surface area contributed by atoms with Gasteiger partial charge < -0.3 is 10.6 Å². The molecular formula is C15H24N6O. The van der Waals surface area contributed by atoms with Crippen LogP contribution in [-0.2, 0) is 13.1 Å². The van der Waals surface area contributed by atoms with Crippen LogP contribution in [0.2, 0.25) is 0 Å². The quantitative estimate of drug-likeness (QED) is 0.911. The highest BCUT2D eigenvalue weighted by atomic mass is 16.2. The van der Waals surface area contributed by atoms with Crippen LogP contribution in [0.1, 0.15) is 36.6 Å². The minimum Gasteiger partial charge on any atom is -0.304 e. The fraction of sp³-hybridized carbons (Fsp3) is 0.533. The molecule has 0 aliphatic heterocycles. The van der Waals surface area contributed by atoms with Crippen LogP contribution in [0.4, 0.5) is 16.2 Å². The number of hydrogen-bond acceptors (Lipinski definition) is 3. The lowest BCUT2D eigenvalue weighted by Gasteiger charge is -2.09. The van der Waals surface area contributed by atoms with E-state index in [-0.39, 0.29) is 6.03 Å². The highest BCUT2D eigenvalue weighted by molar-refractivity contribution is 6.01. The monoisotopic (exact) mass is 304 g/mol. The van der Waals surface area contributed by atoms with Gasteiger partial charge in [0.25, 0.3) is 0 Å². The summed E-state index contributed by atoms with van der Waals surface area (Å²) in [6, 6.07) is -0.274. The molecule has 0 fully saturated rings. The van der Waals surface area contributed by atoms with E-state index in [1.165, 1.54) is 0 Å². The van der Waals surface area contributed by atoms with E-state index in [1.807, 2.05) is 50.9 Å². The Kier molecular flexibility index (Phi) is 4.54. The molecule has 2 aromatic heterocycles. The predicted octanol–water partition coefficient (Wildman–Crippen LogP) is 3.00. The molecule has 0 aromatic carbocycles. The molecule has 0 aliphatic rings. The molecule has 0 aliphatic carbocycles. The first-order valence-corrected chi connectivity index (χ1v) is 7.55. The van der Waals surface area contributed by atoms with Gasteiger partial charge in [0.05, 0.1) is 34.2 Å². The highest BCUT2D eigenvalue weighted by Crippen LogP contribution is 2.22. The maximum Gasteiger partial charge on any atom is 0.323 e. The average Bonchev–Trinajstić information content (AvgIpc) is 2.91. The van der Waals surface area contributed by atoms with Gasteiger partial charge in [-0.05, 0) is 41.5 Å². The zero-order valence-electron chi connectivity index (χ0n) is 14.1. The van der Waals surface area contributed by atoms with Crippen molar-refractivity contribution in [2.24, 2.45) is 0 Å². The van der Waals surface area contributed by atoms with Crippen LogP contribution >= 0.6 is 0 Å². The molecule has 7 nitrogen and oxygen atoms in total. The van der Waals surface area contributed by atoms with Crippen LogP contribution < -0.4 is 10.6 Å². The predicted molar refractivity (Wildman–Crippen MR) is 87.4 cm³/mol. The second-order valence-electron chi connectivity index (χ2n) is 5.30. The summed E-state index contributed by atoms with van der Waals surface area (Å²) < 4.78 is 3.74. The van der Waals surface area contributed by atoms with Crippen molar-refractivity contribution in [3.8, 4) is 0 Å². The lowest BCUT2D eigenvalue weighted by molar-refractivity contribution is 0.262. The molecule has 2 amide bonds. The summed E-state index contributed by atoms with van der Waals surface area (Å²) in [6.45, 7) is 13.3. The highest BCUT2D eigenvalue weighted by Gasteiger charge is 2.16. The standard InChI is InChI=1S/C15H24N6O/c1-7-20-11(5)13(9(3)18-20)16-15(22)17-14-10(4)19-21(8-2)12(14)6/h7-8H2,1-6H3,(H2,16,17,22). The fourth-order valence-corrected chi connectivity index (χ4v) is 2.63. The van der Waals surface area contributed by atoms with E-state index in [9.17, 15) is 4.79 Å². The van der Waals surface area contributed by atoms with E-state index in [0.717, 1.165) is 47.2 Å². The second kappa shape index (κ2) is 6.21. The Balaban J connectivity index is 2.18. The molecule has 0 spiro atoms. The van der Waals surface area contributed by atoms with Crippen LogP contribution in [0.3, 0.4) is 0 Å². The summed E-state index contributed by atoms with van der Waals surface area (Å²) in [6.07, 6.45) is 0. The van der Waals surface area contributed by atoms with Gasteiger partial charge in [0.1, 0.15) is 0 Å². The Morgan fingerprint density at radius 3 is 1.50 bits per heavy atom. The van der Waals surface area contributed by atoms with Crippen LogP contribution in [0, 0.1) is 27.7 Å². The SMILES string of the molecule is CCn1nc(C)c(NC(=O)Nc2c(C)nn(CC)c2C)c1C. The lowest BCUT2D eigenvalue weighted by atomic mass is 10.3. The average molecular weight is 304 g/mol. The van der Waals surface area contributed by atoms with Crippen LogP contribution in [0.25, 0.3) is 0 Å². The number of carbonyl (C=O) groups is 1. The zero-order chi connectivity index (χ0) is 16.4. The minimum absolute atomic E-state index is 0.274. The Morgan fingerprint density at radius 1 is 0.864 bits per heavy atom. The van der Waals surface area contributed by atoms with E-state index < -0.39 is 0 Å². The van der Waals surface area contributed by atoms with Gasteiger partial charge >= 0.3 is 6.03 Å². The number of aryl methyl sites for hydroxylation is 4. The number of aromatic nitrogens is 4. The van der Waals surface area contributed by atoms with Crippen molar-refractivity contribution < 1.29 is 4.79 Å². The summed E-state index contributed by atoms with van der Waals surface area (Å²) in [5.41, 5.74) is 5.05. The summed E-state index contributed by atoms with van der Waals surface area (Å²) in [5, 5.41) is 14.6. The number of anilines is 2. The summed E-state index contributed by atoms with van der Waals surface area (Å²) >= 11 is 0. The zero-order valence-corrected chi connectivity index (χ0v) is 14.1. The molecular weight excluding hydrogens is 280 g/mol. The first-order valence-electron chi connectivity index (χ1n) is 7.55. The number of rotatable bonds is 4.